The molecule has 2 aromatic rings. The summed E-state index contributed by atoms with van der Waals surface area (Å²) in [5.74, 6) is 0.526. The van der Waals surface area contributed by atoms with Crippen molar-refractivity contribution >= 4 is 39.1 Å². The summed E-state index contributed by atoms with van der Waals surface area (Å²) >= 11 is 15.6. The molecule has 1 aromatic heterocycles. The van der Waals surface area contributed by atoms with Gasteiger partial charge in [-0.2, -0.15) is 0 Å². The van der Waals surface area contributed by atoms with Gasteiger partial charge in [0.25, 0.3) is 0 Å². The summed E-state index contributed by atoms with van der Waals surface area (Å²) in [5, 5.41) is 0.700. The lowest BCUT2D eigenvalue weighted by molar-refractivity contribution is 0.609. The van der Waals surface area contributed by atoms with E-state index in [9.17, 15) is 4.39 Å². The first-order valence-corrected chi connectivity index (χ1v) is 8.07. The van der Waals surface area contributed by atoms with Crippen molar-refractivity contribution in [3.63, 3.8) is 0 Å². The maximum atomic E-state index is 13.8. The molecule has 0 N–H and O–H groups in total. The maximum absolute atomic E-state index is 13.8. The molecule has 0 atom stereocenters. The maximum Gasteiger partial charge on any atom is 0.147 e. The Morgan fingerprint density at radius 2 is 1.95 bits per heavy atom. The molecule has 0 amide bonds. The lowest BCUT2D eigenvalue weighted by atomic mass is 10.1. The van der Waals surface area contributed by atoms with Crippen LogP contribution >= 0.6 is 39.1 Å². The molecule has 0 bridgehead atoms. The van der Waals surface area contributed by atoms with E-state index in [0.29, 0.717) is 32.0 Å². The van der Waals surface area contributed by atoms with Gasteiger partial charge in [0.1, 0.15) is 16.8 Å². The standard InChI is InChI=1S/C15H14BrCl2FN2/c1-8(2)6-12-14(16)15(18)21-13(20-12)7-9-10(17)4-3-5-11(9)19/h3-5,8H,6-7H2,1-2H3. The van der Waals surface area contributed by atoms with Gasteiger partial charge >= 0.3 is 0 Å². The number of aromatic nitrogens is 2. The van der Waals surface area contributed by atoms with Crippen LogP contribution in [0.15, 0.2) is 22.7 Å². The number of benzene rings is 1. The van der Waals surface area contributed by atoms with Gasteiger partial charge in [0.05, 0.1) is 10.2 Å². The Labute approximate surface area is 141 Å². The van der Waals surface area contributed by atoms with Crippen molar-refractivity contribution in [3.05, 3.63) is 55.7 Å². The third-order valence-electron chi connectivity index (χ3n) is 2.92. The fourth-order valence-electron chi connectivity index (χ4n) is 1.97. The van der Waals surface area contributed by atoms with E-state index in [2.05, 4.69) is 39.7 Å². The normalized spacial score (nSPS) is 11.2. The molecule has 6 heteroatoms. The van der Waals surface area contributed by atoms with E-state index in [4.69, 9.17) is 23.2 Å². The van der Waals surface area contributed by atoms with Gasteiger partial charge in [0.15, 0.2) is 0 Å². The summed E-state index contributed by atoms with van der Waals surface area (Å²) in [4.78, 5) is 8.68. The minimum Gasteiger partial charge on any atom is -0.236 e. The zero-order valence-corrected chi connectivity index (χ0v) is 14.7. The van der Waals surface area contributed by atoms with Gasteiger partial charge in [-0.05, 0) is 40.4 Å². The molecule has 2 nitrogen and oxygen atoms in total. The fourth-order valence-corrected chi connectivity index (χ4v) is 2.75. The Kier molecular flexibility index (Phi) is 5.58. The molecule has 1 heterocycles. The van der Waals surface area contributed by atoms with Gasteiger partial charge in [-0.25, -0.2) is 14.4 Å². The van der Waals surface area contributed by atoms with Crippen LogP contribution in [0.25, 0.3) is 0 Å². The molecule has 2 rings (SSSR count). The number of hydrogen-bond acceptors (Lipinski definition) is 2. The molecule has 0 radical (unpaired) electrons. The fraction of sp³-hybridized carbons (Fsp3) is 0.333. The number of hydrogen-bond donors (Lipinski definition) is 0. The number of rotatable bonds is 4. The van der Waals surface area contributed by atoms with Crippen LogP contribution in [0.5, 0.6) is 0 Å². The van der Waals surface area contributed by atoms with Gasteiger partial charge in [-0.3, -0.25) is 0 Å². The summed E-state index contributed by atoms with van der Waals surface area (Å²) in [6.45, 7) is 4.19. The van der Waals surface area contributed by atoms with Crippen LogP contribution in [-0.2, 0) is 12.8 Å². The number of nitrogens with zero attached hydrogens (tertiary/aromatic N) is 2. The lowest BCUT2D eigenvalue weighted by Gasteiger charge is -2.11. The third-order valence-corrected chi connectivity index (χ3v) is 4.61. The second-order valence-electron chi connectivity index (χ2n) is 5.17. The highest BCUT2D eigenvalue weighted by molar-refractivity contribution is 9.10. The Morgan fingerprint density at radius 3 is 2.57 bits per heavy atom. The third kappa shape index (κ3) is 4.15. The highest BCUT2D eigenvalue weighted by atomic mass is 79.9. The monoisotopic (exact) mass is 390 g/mol. The number of halogens is 4. The molecule has 112 valence electrons. The van der Waals surface area contributed by atoms with Crippen molar-refractivity contribution < 1.29 is 4.39 Å². The Balaban J connectivity index is 2.39. The summed E-state index contributed by atoms with van der Waals surface area (Å²) in [6.07, 6.45) is 0.977. The average Bonchev–Trinajstić information content (AvgIpc) is 2.39. The second kappa shape index (κ2) is 7.03. The van der Waals surface area contributed by atoms with Crippen molar-refractivity contribution in [2.75, 3.05) is 0 Å². The van der Waals surface area contributed by atoms with E-state index in [1.807, 2.05) is 0 Å². The first kappa shape index (κ1) is 16.7. The topological polar surface area (TPSA) is 25.8 Å². The largest absolute Gasteiger partial charge is 0.236 e. The highest BCUT2D eigenvalue weighted by Crippen LogP contribution is 2.27. The second-order valence-corrected chi connectivity index (χ2v) is 6.72. The van der Waals surface area contributed by atoms with Crippen molar-refractivity contribution in [2.45, 2.75) is 26.7 Å². The molecular formula is C15H14BrCl2FN2. The summed E-state index contributed by atoms with van der Waals surface area (Å²) in [6, 6.07) is 4.59. The lowest BCUT2D eigenvalue weighted by Crippen LogP contribution is -2.06. The quantitative estimate of drug-likeness (QED) is 0.645. The van der Waals surface area contributed by atoms with Crippen LogP contribution in [-0.4, -0.2) is 9.97 Å². The van der Waals surface area contributed by atoms with Gasteiger partial charge in [-0.1, -0.05) is 43.1 Å². The van der Waals surface area contributed by atoms with Gasteiger partial charge in [0, 0.05) is 17.0 Å². The zero-order chi connectivity index (χ0) is 15.6. The Morgan fingerprint density at radius 1 is 1.24 bits per heavy atom. The van der Waals surface area contributed by atoms with E-state index in [1.54, 1.807) is 12.1 Å². The van der Waals surface area contributed by atoms with Gasteiger partial charge in [0.2, 0.25) is 0 Å². The van der Waals surface area contributed by atoms with Crippen LogP contribution in [0.3, 0.4) is 0 Å². The Bertz CT molecular complexity index is 642. The van der Waals surface area contributed by atoms with Crippen molar-refractivity contribution in [2.24, 2.45) is 5.92 Å². The van der Waals surface area contributed by atoms with Crippen LogP contribution in [0.1, 0.15) is 30.9 Å². The molecule has 0 aliphatic heterocycles. The summed E-state index contributed by atoms with van der Waals surface area (Å²) in [7, 11) is 0. The van der Waals surface area contributed by atoms with Crippen molar-refractivity contribution in [1.82, 2.24) is 9.97 Å². The zero-order valence-electron chi connectivity index (χ0n) is 11.6. The molecule has 0 spiro atoms. The molecule has 0 aliphatic rings. The summed E-state index contributed by atoms with van der Waals surface area (Å²) < 4.78 is 14.5. The summed E-state index contributed by atoms with van der Waals surface area (Å²) in [5.41, 5.74) is 1.21. The molecule has 0 unspecified atom stereocenters. The SMILES string of the molecule is CC(C)Cc1nc(Cc2c(F)cccc2Cl)nc(Cl)c1Br. The van der Waals surface area contributed by atoms with E-state index in [-0.39, 0.29) is 12.2 Å². The van der Waals surface area contributed by atoms with Crippen LogP contribution in [0.2, 0.25) is 10.2 Å². The van der Waals surface area contributed by atoms with Gasteiger partial charge in [-0.15, -0.1) is 0 Å². The first-order chi connectivity index (χ1) is 9.88. The highest BCUT2D eigenvalue weighted by Gasteiger charge is 2.15. The smallest absolute Gasteiger partial charge is 0.147 e. The van der Waals surface area contributed by atoms with Crippen LogP contribution in [0, 0.1) is 11.7 Å². The molecule has 0 saturated heterocycles. The predicted molar refractivity (Wildman–Crippen MR) is 87.5 cm³/mol. The molecule has 1 aromatic carbocycles. The minimum atomic E-state index is -0.365. The van der Waals surface area contributed by atoms with E-state index in [0.717, 1.165) is 12.1 Å². The molecule has 0 aliphatic carbocycles. The minimum absolute atomic E-state index is 0.212. The van der Waals surface area contributed by atoms with Crippen molar-refractivity contribution in [1.29, 1.82) is 0 Å². The van der Waals surface area contributed by atoms with E-state index in [1.165, 1.54) is 6.07 Å². The predicted octanol–water partition coefficient (Wildman–Crippen LogP) is 5.47. The van der Waals surface area contributed by atoms with E-state index >= 15 is 0 Å². The van der Waals surface area contributed by atoms with Gasteiger partial charge < -0.3 is 0 Å². The van der Waals surface area contributed by atoms with Crippen LogP contribution < -0.4 is 0 Å². The molecule has 0 saturated carbocycles. The van der Waals surface area contributed by atoms with E-state index < -0.39 is 0 Å². The van der Waals surface area contributed by atoms with Crippen LogP contribution in [0.4, 0.5) is 4.39 Å². The molecule has 21 heavy (non-hydrogen) atoms. The first-order valence-electron chi connectivity index (χ1n) is 6.52. The Hall–Kier alpha value is -0.710. The van der Waals surface area contributed by atoms with Crippen molar-refractivity contribution in [3.8, 4) is 0 Å². The molecular weight excluding hydrogens is 378 g/mol. The molecule has 0 fully saturated rings. The average molecular weight is 392 g/mol.